The SMILES string of the molecule is CC[Si](CC)(CC)CC(=O)C(Br)Br. The Kier molecular flexibility index (Phi) is 6.77. The first-order valence-electron chi connectivity index (χ1n) is 4.82. The maximum atomic E-state index is 11.6. The Bertz CT molecular complexity index is 159. The summed E-state index contributed by atoms with van der Waals surface area (Å²) in [5.74, 6) is 0.317. The topological polar surface area (TPSA) is 17.1 Å². The summed E-state index contributed by atoms with van der Waals surface area (Å²) in [6.45, 7) is 6.68. The van der Waals surface area contributed by atoms with E-state index in [4.69, 9.17) is 0 Å². The lowest BCUT2D eigenvalue weighted by Gasteiger charge is -2.27. The van der Waals surface area contributed by atoms with Gasteiger partial charge in [0, 0.05) is 6.04 Å². The number of hydrogen-bond acceptors (Lipinski definition) is 1. The second kappa shape index (κ2) is 6.35. The van der Waals surface area contributed by atoms with Crippen LogP contribution < -0.4 is 0 Å². The van der Waals surface area contributed by atoms with Crippen LogP contribution in [0.5, 0.6) is 0 Å². The van der Waals surface area contributed by atoms with E-state index in [1.165, 1.54) is 18.1 Å². The fourth-order valence-electron chi connectivity index (χ4n) is 1.57. The molecular weight excluding hydrogens is 312 g/mol. The lowest BCUT2D eigenvalue weighted by molar-refractivity contribution is -0.115. The molecule has 0 aromatic carbocycles. The molecule has 0 unspecified atom stereocenters. The largest absolute Gasteiger partial charge is 0.298 e. The van der Waals surface area contributed by atoms with Gasteiger partial charge in [0.25, 0.3) is 0 Å². The third kappa shape index (κ3) is 4.26. The average Bonchev–Trinajstić information content (AvgIpc) is 2.14. The van der Waals surface area contributed by atoms with Crippen LogP contribution in [0.3, 0.4) is 0 Å². The quantitative estimate of drug-likeness (QED) is 0.527. The van der Waals surface area contributed by atoms with Crippen LogP contribution in [-0.2, 0) is 4.79 Å². The molecule has 0 heterocycles. The van der Waals surface area contributed by atoms with Gasteiger partial charge >= 0.3 is 0 Å². The maximum absolute atomic E-state index is 11.6. The molecule has 4 heteroatoms. The lowest BCUT2D eigenvalue weighted by Crippen LogP contribution is -2.35. The molecule has 0 fully saturated rings. The monoisotopic (exact) mass is 328 g/mol. The fourth-order valence-corrected chi connectivity index (χ4v) is 5.69. The van der Waals surface area contributed by atoms with Crippen LogP contribution in [0.2, 0.25) is 24.2 Å². The molecule has 0 aliphatic carbocycles. The molecule has 0 N–H and O–H groups in total. The van der Waals surface area contributed by atoms with Crippen LogP contribution in [0.4, 0.5) is 0 Å². The third-order valence-corrected chi connectivity index (χ3v) is 9.66. The molecule has 0 saturated carbocycles. The maximum Gasteiger partial charge on any atom is 0.154 e. The van der Waals surface area contributed by atoms with Gasteiger partial charge in [-0.2, -0.15) is 0 Å². The Hall–Kier alpha value is 0.847. The van der Waals surface area contributed by atoms with Crippen molar-refractivity contribution in [2.24, 2.45) is 0 Å². The summed E-state index contributed by atoms with van der Waals surface area (Å²) in [4.78, 5) is 11.6. The molecular formula is C9H18Br2OSi. The van der Waals surface area contributed by atoms with Crippen molar-refractivity contribution in [3.63, 3.8) is 0 Å². The highest BCUT2D eigenvalue weighted by atomic mass is 79.9. The number of Topliss-reactive ketones (excluding diaryl/α,β-unsaturated/α-hetero) is 1. The standard InChI is InChI=1S/C9H18Br2OSi/c1-4-13(5-2,6-3)7-8(12)9(10)11/h9H,4-7H2,1-3H3. The summed E-state index contributed by atoms with van der Waals surface area (Å²) in [5, 5.41) is 0. The number of carbonyl (C=O) groups is 1. The Balaban J connectivity index is 4.33. The number of carbonyl (C=O) groups excluding carboxylic acids is 1. The van der Waals surface area contributed by atoms with Crippen LogP contribution in [0.25, 0.3) is 0 Å². The van der Waals surface area contributed by atoms with Crippen molar-refractivity contribution in [3.05, 3.63) is 0 Å². The molecule has 0 amide bonds. The summed E-state index contributed by atoms with van der Waals surface area (Å²) in [5.41, 5.74) is 0. The first-order valence-corrected chi connectivity index (χ1v) is 9.48. The molecule has 13 heavy (non-hydrogen) atoms. The molecule has 1 nitrogen and oxygen atoms in total. The molecule has 0 bridgehead atoms. The van der Waals surface area contributed by atoms with E-state index in [9.17, 15) is 4.79 Å². The molecule has 0 atom stereocenters. The minimum atomic E-state index is -1.25. The van der Waals surface area contributed by atoms with Gasteiger partial charge in [0.2, 0.25) is 0 Å². The Morgan fingerprint density at radius 1 is 1.15 bits per heavy atom. The Labute approximate surface area is 98.9 Å². The van der Waals surface area contributed by atoms with Crippen LogP contribution in [0.1, 0.15) is 20.8 Å². The van der Waals surface area contributed by atoms with Gasteiger partial charge in [0.05, 0.1) is 8.07 Å². The zero-order valence-electron chi connectivity index (χ0n) is 8.57. The van der Waals surface area contributed by atoms with E-state index in [1.54, 1.807) is 0 Å². The van der Waals surface area contributed by atoms with Crippen molar-refractivity contribution in [1.82, 2.24) is 0 Å². The number of rotatable bonds is 6. The summed E-state index contributed by atoms with van der Waals surface area (Å²) in [6.07, 6.45) is 0. The molecule has 0 aromatic heterocycles. The molecule has 0 saturated heterocycles. The van der Waals surface area contributed by atoms with Gasteiger partial charge in [-0.15, -0.1) is 0 Å². The highest BCUT2D eigenvalue weighted by Gasteiger charge is 2.30. The van der Waals surface area contributed by atoms with E-state index < -0.39 is 8.07 Å². The summed E-state index contributed by atoms with van der Waals surface area (Å²) >= 11 is 6.54. The van der Waals surface area contributed by atoms with E-state index in [0.717, 1.165) is 6.04 Å². The van der Waals surface area contributed by atoms with Crippen molar-refractivity contribution in [2.75, 3.05) is 0 Å². The summed E-state index contributed by atoms with van der Waals surface area (Å²) in [7, 11) is -1.25. The van der Waals surface area contributed by atoms with Gasteiger partial charge in [-0.1, -0.05) is 70.8 Å². The summed E-state index contributed by atoms with van der Waals surface area (Å²) < 4.78 is -0.142. The lowest BCUT2D eigenvalue weighted by atomic mass is 10.5. The predicted molar refractivity (Wildman–Crippen MR) is 68.7 cm³/mol. The normalized spacial score (nSPS) is 12.2. The molecule has 0 spiro atoms. The first-order chi connectivity index (χ1) is 6.01. The molecule has 0 aliphatic rings. The number of hydrogen-bond donors (Lipinski definition) is 0. The van der Waals surface area contributed by atoms with Gasteiger partial charge < -0.3 is 0 Å². The van der Waals surface area contributed by atoms with Crippen molar-refractivity contribution >= 4 is 45.7 Å². The van der Waals surface area contributed by atoms with Crippen LogP contribution >= 0.6 is 31.9 Å². The smallest absolute Gasteiger partial charge is 0.154 e. The first kappa shape index (κ1) is 13.8. The van der Waals surface area contributed by atoms with Crippen molar-refractivity contribution < 1.29 is 4.79 Å². The fraction of sp³-hybridized carbons (Fsp3) is 0.889. The predicted octanol–water partition coefficient (Wildman–Crippen LogP) is 4.18. The van der Waals surface area contributed by atoms with Gasteiger partial charge in [0.15, 0.2) is 5.78 Å². The van der Waals surface area contributed by atoms with E-state index in [-0.39, 0.29) is 3.74 Å². The molecule has 0 radical (unpaired) electrons. The highest BCUT2D eigenvalue weighted by Crippen LogP contribution is 2.27. The molecule has 0 aromatic rings. The summed E-state index contributed by atoms with van der Waals surface area (Å²) in [6, 6.07) is 4.48. The Morgan fingerprint density at radius 2 is 1.54 bits per heavy atom. The van der Waals surface area contributed by atoms with Crippen LogP contribution in [0, 0.1) is 0 Å². The highest BCUT2D eigenvalue weighted by molar-refractivity contribution is 9.25. The molecule has 0 rings (SSSR count). The zero-order chi connectivity index (χ0) is 10.5. The van der Waals surface area contributed by atoms with Gasteiger partial charge in [-0.05, 0) is 0 Å². The number of halogens is 2. The minimum Gasteiger partial charge on any atom is -0.298 e. The minimum absolute atomic E-state index is 0.142. The van der Waals surface area contributed by atoms with Gasteiger partial charge in [-0.3, -0.25) is 4.79 Å². The van der Waals surface area contributed by atoms with E-state index in [2.05, 4.69) is 52.6 Å². The Morgan fingerprint density at radius 3 is 1.77 bits per heavy atom. The number of ketones is 1. The van der Waals surface area contributed by atoms with Crippen LogP contribution in [-0.4, -0.2) is 17.6 Å². The van der Waals surface area contributed by atoms with E-state index in [1.807, 2.05) is 0 Å². The molecule has 78 valence electrons. The van der Waals surface area contributed by atoms with Crippen molar-refractivity contribution in [2.45, 2.75) is 48.7 Å². The average molecular weight is 330 g/mol. The van der Waals surface area contributed by atoms with E-state index in [0.29, 0.717) is 5.78 Å². The van der Waals surface area contributed by atoms with E-state index >= 15 is 0 Å². The number of alkyl halides is 2. The molecule has 0 aliphatic heterocycles. The van der Waals surface area contributed by atoms with Gasteiger partial charge in [-0.25, -0.2) is 0 Å². The van der Waals surface area contributed by atoms with Crippen molar-refractivity contribution in [3.8, 4) is 0 Å². The zero-order valence-corrected chi connectivity index (χ0v) is 12.7. The van der Waals surface area contributed by atoms with Gasteiger partial charge in [0.1, 0.15) is 3.74 Å². The third-order valence-electron chi connectivity index (χ3n) is 3.04. The second-order valence-electron chi connectivity index (χ2n) is 3.50. The van der Waals surface area contributed by atoms with Crippen molar-refractivity contribution in [1.29, 1.82) is 0 Å². The van der Waals surface area contributed by atoms with Crippen LogP contribution in [0.15, 0.2) is 0 Å². The second-order valence-corrected chi connectivity index (χ2v) is 12.0.